The van der Waals surface area contributed by atoms with Crippen LogP contribution in [0.15, 0.2) is 53.9 Å². The highest BCUT2D eigenvalue weighted by atomic mass is 32.1. The number of nitrogens with one attached hydrogen (secondary N) is 2. The summed E-state index contributed by atoms with van der Waals surface area (Å²) in [4.78, 5) is 35.9. The number of ether oxygens (including phenoxy) is 1. The van der Waals surface area contributed by atoms with Crippen molar-refractivity contribution in [1.82, 2.24) is 10.6 Å². The molecule has 1 saturated carbocycles. The van der Waals surface area contributed by atoms with Gasteiger partial charge in [-0.15, -0.1) is 11.3 Å². The molecule has 1 aliphatic rings. The summed E-state index contributed by atoms with van der Waals surface area (Å²) >= 11 is 1.53. The number of carboxylic acids is 1. The van der Waals surface area contributed by atoms with Crippen LogP contribution in [0.25, 0.3) is 10.1 Å². The number of aliphatic carboxylic acids is 1. The summed E-state index contributed by atoms with van der Waals surface area (Å²) in [6, 6.07) is 14.7. The summed E-state index contributed by atoms with van der Waals surface area (Å²) in [6.07, 6.45) is 2.68. The topological polar surface area (TPSA) is 105 Å². The minimum atomic E-state index is -0.733. The molecule has 3 N–H and O–H groups in total. The fourth-order valence-corrected chi connectivity index (χ4v) is 4.95. The van der Waals surface area contributed by atoms with Crippen molar-refractivity contribution in [1.29, 1.82) is 0 Å². The molecule has 7 nitrogen and oxygen atoms in total. The molecule has 1 aliphatic carbocycles. The largest absolute Gasteiger partial charge is 0.490 e. The lowest BCUT2D eigenvalue weighted by molar-refractivity contribution is -0.143. The van der Waals surface area contributed by atoms with Crippen molar-refractivity contribution in [2.45, 2.75) is 31.8 Å². The molecule has 0 atom stereocenters. The summed E-state index contributed by atoms with van der Waals surface area (Å²) in [7, 11) is 0. The zero-order valence-electron chi connectivity index (χ0n) is 18.1. The van der Waals surface area contributed by atoms with Gasteiger partial charge in [-0.1, -0.05) is 18.2 Å². The van der Waals surface area contributed by atoms with E-state index in [9.17, 15) is 14.4 Å². The number of thiophene rings is 1. The van der Waals surface area contributed by atoms with E-state index >= 15 is 0 Å². The molecule has 2 amide bonds. The molecular weight excluding hydrogens is 440 g/mol. The standard InChI is InChI=1S/C25H26N2O5S/c28-23(26-13-14-27-24(29)21-15-33-22-4-2-1-3-20(21)22)16-5-9-18(10-6-16)32-19-11-7-17(8-12-19)25(30)31/h1-6,9-10,15,17,19H,7-8,11-14H2,(H,26,28)(H,27,29)(H,30,31)/t17-,19+. The van der Waals surface area contributed by atoms with Gasteiger partial charge in [0.15, 0.2) is 0 Å². The lowest BCUT2D eigenvalue weighted by Gasteiger charge is -2.26. The molecule has 0 bridgehead atoms. The van der Waals surface area contributed by atoms with Gasteiger partial charge in [0.05, 0.1) is 17.6 Å². The predicted molar refractivity (Wildman–Crippen MR) is 127 cm³/mol. The second kappa shape index (κ2) is 10.5. The predicted octanol–water partition coefficient (Wildman–Crippen LogP) is 4.08. The van der Waals surface area contributed by atoms with Crippen molar-refractivity contribution in [2.24, 2.45) is 5.92 Å². The number of amides is 2. The summed E-state index contributed by atoms with van der Waals surface area (Å²) in [5.74, 6) is -0.714. The molecule has 4 rings (SSSR count). The van der Waals surface area contributed by atoms with Crippen LogP contribution in [0.4, 0.5) is 0 Å². The Morgan fingerprint density at radius 2 is 1.58 bits per heavy atom. The van der Waals surface area contributed by atoms with Crippen molar-refractivity contribution >= 4 is 39.2 Å². The highest BCUT2D eigenvalue weighted by Gasteiger charge is 2.26. The number of carboxylic acid groups (broad SMARTS) is 1. The lowest BCUT2D eigenvalue weighted by Crippen LogP contribution is -2.34. The van der Waals surface area contributed by atoms with Gasteiger partial charge in [-0.2, -0.15) is 0 Å². The Morgan fingerprint density at radius 1 is 0.909 bits per heavy atom. The van der Waals surface area contributed by atoms with Crippen LogP contribution in [0.2, 0.25) is 0 Å². The maximum absolute atomic E-state index is 12.4. The first kappa shape index (κ1) is 22.8. The molecular formula is C25H26N2O5S. The fourth-order valence-electron chi connectivity index (χ4n) is 4.01. The van der Waals surface area contributed by atoms with Gasteiger partial charge < -0.3 is 20.5 Å². The molecule has 33 heavy (non-hydrogen) atoms. The van der Waals surface area contributed by atoms with Crippen LogP contribution in [-0.2, 0) is 4.79 Å². The maximum Gasteiger partial charge on any atom is 0.306 e. The highest BCUT2D eigenvalue weighted by molar-refractivity contribution is 7.17. The molecule has 0 aliphatic heterocycles. The van der Waals surface area contributed by atoms with Crippen LogP contribution < -0.4 is 15.4 Å². The highest BCUT2D eigenvalue weighted by Crippen LogP contribution is 2.28. The lowest BCUT2D eigenvalue weighted by atomic mass is 9.87. The van der Waals surface area contributed by atoms with E-state index < -0.39 is 5.97 Å². The Bertz CT molecular complexity index is 1130. The Morgan fingerprint density at radius 3 is 2.27 bits per heavy atom. The van der Waals surface area contributed by atoms with Crippen LogP contribution in [0.1, 0.15) is 46.4 Å². The van der Waals surface area contributed by atoms with Gasteiger partial charge in [-0.3, -0.25) is 14.4 Å². The van der Waals surface area contributed by atoms with Crippen LogP contribution >= 0.6 is 11.3 Å². The molecule has 1 aromatic heterocycles. The number of benzene rings is 2. The third-order valence-corrected chi connectivity index (χ3v) is 6.83. The number of rotatable bonds is 8. The third-order valence-electron chi connectivity index (χ3n) is 5.86. The number of carbonyl (C=O) groups is 3. The average Bonchev–Trinajstić information content (AvgIpc) is 3.27. The summed E-state index contributed by atoms with van der Waals surface area (Å²) < 4.78 is 7.00. The number of hydrogen-bond acceptors (Lipinski definition) is 5. The van der Waals surface area contributed by atoms with Gasteiger partial charge in [-0.25, -0.2) is 0 Å². The van der Waals surface area contributed by atoms with E-state index in [-0.39, 0.29) is 23.8 Å². The maximum atomic E-state index is 12.4. The Labute approximate surface area is 195 Å². The molecule has 0 unspecified atom stereocenters. The zero-order chi connectivity index (χ0) is 23.2. The molecule has 172 valence electrons. The van der Waals surface area contributed by atoms with Crippen molar-refractivity contribution < 1.29 is 24.2 Å². The van der Waals surface area contributed by atoms with E-state index in [1.54, 1.807) is 24.3 Å². The smallest absolute Gasteiger partial charge is 0.306 e. The van der Waals surface area contributed by atoms with E-state index in [2.05, 4.69) is 10.6 Å². The van der Waals surface area contributed by atoms with Crippen LogP contribution in [-0.4, -0.2) is 42.1 Å². The zero-order valence-corrected chi connectivity index (χ0v) is 18.9. The molecule has 8 heteroatoms. The quantitative estimate of drug-likeness (QED) is 0.434. The number of hydrogen-bond donors (Lipinski definition) is 3. The third kappa shape index (κ3) is 5.70. The van der Waals surface area contributed by atoms with Gasteiger partial charge in [-0.05, 0) is 56.0 Å². The number of carbonyl (C=O) groups excluding carboxylic acids is 2. The van der Waals surface area contributed by atoms with Crippen molar-refractivity contribution in [2.75, 3.05) is 13.1 Å². The summed E-state index contributed by atoms with van der Waals surface area (Å²) in [5, 5.41) is 17.5. The van der Waals surface area contributed by atoms with Crippen molar-refractivity contribution in [3.05, 3.63) is 65.0 Å². The first-order chi connectivity index (χ1) is 16.0. The van der Waals surface area contributed by atoms with Gasteiger partial charge in [0.1, 0.15) is 5.75 Å². The van der Waals surface area contributed by atoms with E-state index in [0.717, 1.165) is 10.1 Å². The SMILES string of the molecule is O=C(NCCNC(=O)c1csc2ccccc12)c1ccc(O[C@H]2CC[C@@H](C(=O)O)CC2)cc1. The van der Waals surface area contributed by atoms with E-state index in [1.165, 1.54) is 11.3 Å². The second-order valence-electron chi connectivity index (χ2n) is 8.11. The van der Waals surface area contributed by atoms with Crippen molar-refractivity contribution in [3.8, 4) is 5.75 Å². The molecule has 0 radical (unpaired) electrons. The Hall–Kier alpha value is -3.39. The molecule has 1 heterocycles. The normalized spacial score (nSPS) is 17.9. The molecule has 1 fully saturated rings. The van der Waals surface area contributed by atoms with E-state index in [1.807, 2.05) is 29.6 Å². The molecule has 3 aromatic rings. The average molecular weight is 467 g/mol. The first-order valence-electron chi connectivity index (χ1n) is 11.0. The van der Waals surface area contributed by atoms with Crippen LogP contribution in [0, 0.1) is 5.92 Å². The van der Waals surface area contributed by atoms with Crippen LogP contribution in [0.3, 0.4) is 0 Å². The Balaban J connectivity index is 1.20. The van der Waals surface area contributed by atoms with Crippen molar-refractivity contribution in [3.63, 3.8) is 0 Å². The van der Waals surface area contributed by atoms with E-state index in [4.69, 9.17) is 9.84 Å². The first-order valence-corrected chi connectivity index (χ1v) is 11.9. The minimum absolute atomic E-state index is 0.00392. The molecule has 0 saturated heterocycles. The van der Waals surface area contributed by atoms with Gasteiger partial charge in [0, 0.05) is 34.1 Å². The van der Waals surface area contributed by atoms with Gasteiger partial charge in [0.2, 0.25) is 0 Å². The summed E-state index contributed by atoms with van der Waals surface area (Å²) in [5.41, 5.74) is 1.15. The monoisotopic (exact) mass is 466 g/mol. The van der Waals surface area contributed by atoms with Gasteiger partial charge >= 0.3 is 5.97 Å². The molecule has 2 aromatic carbocycles. The summed E-state index contributed by atoms with van der Waals surface area (Å²) in [6.45, 7) is 0.646. The van der Waals surface area contributed by atoms with Gasteiger partial charge in [0.25, 0.3) is 11.8 Å². The molecule has 0 spiro atoms. The fraction of sp³-hybridized carbons (Fsp3) is 0.320. The number of fused-ring (bicyclic) bond motifs is 1. The van der Waals surface area contributed by atoms with E-state index in [0.29, 0.717) is 55.6 Å². The van der Waals surface area contributed by atoms with Crippen LogP contribution in [0.5, 0.6) is 5.75 Å². The Kier molecular flexibility index (Phi) is 7.24. The second-order valence-corrected chi connectivity index (χ2v) is 9.02. The minimum Gasteiger partial charge on any atom is -0.490 e.